The molecule has 0 unspecified atom stereocenters. The Morgan fingerprint density at radius 3 is 2.65 bits per heavy atom. The van der Waals surface area contributed by atoms with Crippen molar-refractivity contribution in [3.63, 3.8) is 0 Å². The second-order valence-corrected chi connectivity index (χ2v) is 11.6. The third-order valence-corrected chi connectivity index (χ3v) is 5.23. The summed E-state index contributed by atoms with van der Waals surface area (Å²) >= 11 is 0. The van der Waals surface area contributed by atoms with E-state index in [2.05, 4.69) is 29.1 Å². The van der Waals surface area contributed by atoms with Crippen LogP contribution in [0.4, 0.5) is 4.79 Å². The number of nitrogens with zero attached hydrogens (tertiary/aromatic N) is 1. The van der Waals surface area contributed by atoms with Gasteiger partial charge < -0.3 is 14.5 Å². The maximum atomic E-state index is 11.8. The van der Waals surface area contributed by atoms with Crippen LogP contribution in [0.2, 0.25) is 0 Å². The third-order valence-electron chi connectivity index (χ3n) is 3.84. The second-order valence-electron chi connectivity index (χ2n) is 6.97. The Kier molecular flexibility index (Phi) is 5.52. The molecule has 3 aromatic rings. The first-order valence-electron chi connectivity index (χ1n) is 8.42. The van der Waals surface area contributed by atoms with E-state index in [4.69, 9.17) is 9.15 Å². The summed E-state index contributed by atoms with van der Waals surface area (Å²) in [6, 6.07) is 15.5. The van der Waals surface area contributed by atoms with Crippen molar-refractivity contribution in [2.75, 3.05) is 31.1 Å². The minimum Gasteiger partial charge on any atom is -0.449 e. The molecule has 0 saturated carbocycles. The molecule has 6 heteroatoms. The van der Waals surface area contributed by atoms with E-state index in [1.165, 1.54) is 0 Å². The summed E-state index contributed by atoms with van der Waals surface area (Å²) < 4.78 is 11.0. The number of fused-ring (bicyclic) bond motifs is 1. The van der Waals surface area contributed by atoms with Gasteiger partial charge >= 0.3 is 6.09 Å². The lowest BCUT2D eigenvalue weighted by Gasteiger charge is -2.24. The predicted octanol–water partition coefficient (Wildman–Crippen LogP) is 4.42. The largest absolute Gasteiger partial charge is 0.449 e. The lowest BCUT2D eigenvalue weighted by Crippen LogP contribution is -2.25. The highest BCUT2D eigenvalue weighted by atomic mass is 32.3. The number of carbonyl (C=O) groups is 1. The molecule has 1 aromatic heterocycles. The van der Waals surface area contributed by atoms with E-state index in [1.807, 2.05) is 48.5 Å². The Morgan fingerprint density at radius 1 is 1.15 bits per heavy atom. The minimum atomic E-state index is -0.656. The van der Waals surface area contributed by atoms with Gasteiger partial charge in [-0.05, 0) is 48.6 Å². The van der Waals surface area contributed by atoms with Crippen LogP contribution in [0, 0.1) is 0 Å². The molecule has 0 aliphatic carbocycles. The molecule has 1 amide bonds. The van der Waals surface area contributed by atoms with Crippen LogP contribution < -0.4 is 5.32 Å². The SMILES string of the molecule is CS(C)(C)CCOC(=O)NCc1ccc2oc(-c3ccccc3)nc2c1. The maximum absolute atomic E-state index is 11.8. The number of rotatable bonds is 6. The van der Waals surface area contributed by atoms with Crippen LogP contribution in [-0.4, -0.2) is 42.2 Å². The van der Waals surface area contributed by atoms with Gasteiger partial charge in [0.1, 0.15) is 12.1 Å². The summed E-state index contributed by atoms with van der Waals surface area (Å²) in [5.74, 6) is 1.50. The fourth-order valence-corrected chi connectivity index (χ4v) is 2.98. The smallest absolute Gasteiger partial charge is 0.407 e. The minimum absolute atomic E-state index is 0.390. The molecule has 0 fully saturated rings. The molecule has 26 heavy (non-hydrogen) atoms. The maximum Gasteiger partial charge on any atom is 0.407 e. The molecule has 0 spiro atoms. The monoisotopic (exact) mass is 372 g/mol. The fraction of sp³-hybridized carbons (Fsp3) is 0.300. The number of oxazole rings is 1. The zero-order valence-electron chi connectivity index (χ0n) is 15.3. The van der Waals surface area contributed by atoms with Crippen molar-refractivity contribution in [2.45, 2.75) is 6.54 Å². The highest BCUT2D eigenvalue weighted by Gasteiger charge is 2.10. The number of hydrogen-bond acceptors (Lipinski definition) is 4. The van der Waals surface area contributed by atoms with Crippen molar-refractivity contribution in [3.05, 3.63) is 54.1 Å². The molecule has 138 valence electrons. The number of benzene rings is 2. The Bertz CT molecular complexity index is 885. The Hall–Kier alpha value is -2.47. The Labute approximate surface area is 155 Å². The van der Waals surface area contributed by atoms with Gasteiger partial charge in [-0.3, -0.25) is 0 Å². The van der Waals surface area contributed by atoms with Crippen LogP contribution in [0.25, 0.3) is 22.6 Å². The van der Waals surface area contributed by atoms with Gasteiger partial charge in [0, 0.05) is 17.9 Å². The molecule has 1 N–H and O–H groups in total. The third kappa shape index (κ3) is 5.02. The van der Waals surface area contributed by atoms with Gasteiger partial charge in [0.15, 0.2) is 5.58 Å². The fourth-order valence-electron chi connectivity index (χ4n) is 2.40. The summed E-state index contributed by atoms with van der Waals surface area (Å²) in [6.07, 6.45) is 6.21. The molecular formula is C20H24N2O3S. The summed E-state index contributed by atoms with van der Waals surface area (Å²) in [6.45, 7) is 0.845. The summed E-state index contributed by atoms with van der Waals surface area (Å²) in [5.41, 5.74) is 3.38. The number of hydrogen-bond donors (Lipinski definition) is 1. The van der Waals surface area contributed by atoms with Gasteiger partial charge in [-0.2, -0.15) is 0 Å². The molecule has 2 aromatic carbocycles. The van der Waals surface area contributed by atoms with E-state index in [0.29, 0.717) is 19.0 Å². The second kappa shape index (κ2) is 7.83. The molecule has 1 heterocycles. The standard InChI is InChI=1S/C20H24N2O3S/c1-26(2,3)12-11-24-20(23)21-14-15-9-10-18-17(13-15)22-19(25-18)16-7-5-4-6-8-16/h4-10,13H,11-12,14H2,1-3H3,(H,21,23). The Morgan fingerprint density at radius 2 is 1.92 bits per heavy atom. The van der Waals surface area contributed by atoms with Crippen molar-refractivity contribution >= 4 is 27.2 Å². The lowest BCUT2D eigenvalue weighted by molar-refractivity contribution is 0.152. The highest BCUT2D eigenvalue weighted by molar-refractivity contribution is 8.32. The molecule has 0 aliphatic rings. The predicted molar refractivity (Wildman–Crippen MR) is 108 cm³/mol. The van der Waals surface area contributed by atoms with Crippen LogP contribution in [-0.2, 0) is 11.3 Å². The first kappa shape index (κ1) is 18.3. The zero-order chi connectivity index (χ0) is 18.6. The lowest BCUT2D eigenvalue weighted by atomic mass is 10.2. The first-order valence-corrected chi connectivity index (χ1v) is 11.4. The van der Waals surface area contributed by atoms with Crippen LogP contribution in [0.1, 0.15) is 5.56 Å². The zero-order valence-corrected chi connectivity index (χ0v) is 16.1. The van der Waals surface area contributed by atoms with E-state index in [1.54, 1.807) is 0 Å². The Balaban J connectivity index is 1.60. The van der Waals surface area contributed by atoms with Gasteiger partial charge in [0.05, 0.1) is 0 Å². The van der Waals surface area contributed by atoms with E-state index in [-0.39, 0.29) is 6.09 Å². The quantitative estimate of drug-likeness (QED) is 0.696. The molecule has 0 aliphatic heterocycles. The van der Waals surface area contributed by atoms with Gasteiger partial charge in [-0.15, -0.1) is 0 Å². The average Bonchev–Trinajstić information content (AvgIpc) is 3.03. The highest BCUT2D eigenvalue weighted by Crippen LogP contribution is 2.33. The topological polar surface area (TPSA) is 64.4 Å². The summed E-state index contributed by atoms with van der Waals surface area (Å²) in [4.78, 5) is 16.3. The first-order chi connectivity index (χ1) is 12.4. The van der Waals surface area contributed by atoms with Crippen LogP contribution in [0.5, 0.6) is 0 Å². The normalized spacial score (nSPS) is 12.1. The van der Waals surface area contributed by atoms with Crippen molar-refractivity contribution in [3.8, 4) is 11.5 Å². The number of amides is 1. The van der Waals surface area contributed by atoms with Crippen molar-refractivity contribution in [1.82, 2.24) is 10.3 Å². The van der Waals surface area contributed by atoms with Gasteiger partial charge in [-0.25, -0.2) is 19.8 Å². The molecular weight excluding hydrogens is 348 g/mol. The van der Waals surface area contributed by atoms with Crippen molar-refractivity contribution in [1.29, 1.82) is 0 Å². The van der Waals surface area contributed by atoms with Gasteiger partial charge in [0.2, 0.25) is 5.89 Å². The van der Waals surface area contributed by atoms with Gasteiger partial charge in [0.25, 0.3) is 0 Å². The molecule has 3 rings (SSSR count). The number of nitrogens with one attached hydrogen (secondary N) is 1. The number of alkyl carbamates (subject to hydrolysis) is 1. The van der Waals surface area contributed by atoms with Crippen molar-refractivity contribution in [2.24, 2.45) is 0 Å². The molecule has 0 atom stereocenters. The molecule has 0 saturated heterocycles. The van der Waals surface area contributed by atoms with Crippen LogP contribution >= 0.6 is 10.0 Å². The number of aromatic nitrogens is 1. The van der Waals surface area contributed by atoms with E-state index < -0.39 is 10.0 Å². The average molecular weight is 372 g/mol. The number of ether oxygens (including phenoxy) is 1. The van der Waals surface area contributed by atoms with E-state index in [9.17, 15) is 4.79 Å². The summed E-state index contributed by atoms with van der Waals surface area (Å²) in [5, 5.41) is 2.78. The summed E-state index contributed by atoms with van der Waals surface area (Å²) in [7, 11) is -0.656. The van der Waals surface area contributed by atoms with E-state index in [0.717, 1.165) is 28.0 Å². The van der Waals surface area contributed by atoms with Crippen molar-refractivity contribution < 1.29 is 13.9 Å². The number of carbonyl (C=O) groups excluding carboxylic acids is 1. The van der Waals surface area contributed by atoms with Crippen LogP contribution in [0.15, 0.2) is 52.9 Å². The van der Waals surface area contributed by atoms with E-state index >= 15 is 0 Å². The molecule has 0 bridgehead atoms. The molecule has 5 nitrogen and oxygen atoms in total. The van der Waals surface area contributed by atoms with Crippen LogP contribution in [0.3, 0.4) is 0 Å². The molecule has 0 radical (unpaired) electrons. The van der Waals surface area contributed by atoms with Gasteiger partial charge in [-0.1, -0.05) is 24.3 Å².